The molecule has 3 heteroatoms. The third kappa shape index (κ3) is 2.44. The lowest BCUT2D eigenvalue weighted by atomic mass is 10.1. The van der Waals surface area contributed by atoms with Crippen molar-refractivity contribution in [1.29, 1.82) is 0 Å². The maximum absolute atomic E-state index is 6.19. The van der Waals surface area contributed by atoms with E-state index in [1.807, 2.05) is 36.4 Å². The summed E-state index contributed by atoms with van der Waals surface area (Å²) in [6.07, 6.45) is 1.09. The van der Waals surface area contributed by atoms with E-state index in [1.165, 1.54) is 0 Å². The van der Waals surface area contributed by atoms with Crippen LogP contribution in [0.15, 0.2) is 65.1 Å². The number of rotatable bonds is 3. The average molecular weight is 290 g/mol. The molecule has 0 bridgehead atoms. The molecule has 4 rings (SSSR count). The van der Waals surface area contributed by atoms with Gasteiger partial charge in [0.05, 0.1) is 0 Å². The molecule has 22 heavy (non-hydrogen) atoms. The highest BCUT2D eigenvalue weighted by atomic mass is 16.4. The van der Waals surface area contributed by atoms with Crippen molar-refractivity contribution in [3.63, 3.8) is 0 Å². The lowest BCUT2D eigenvalue weighted by Crippen LogP contribution is -2.08. The highest BCUT2D eigenvalue weighted by Crippen LogP contribution is 2.35. The van der Waals surface area contributed by atoms with Crippen LogP contribution in [-0.4, -0.2) is 18.1 Å². The van der Waals surface area contributed by atoms with Gasteiger partial charge in [0.2, 0.25) is 0 Å². The Morgan fingerprint density at radius 2 is 1.59 bits per heavy atom. The molecule has 0 radical (unpaired) electrons. The molecule has 0 unspecified atom stereocenters. The largest absolute Gasteiger partial charge is 0.440 e. The van der Waals surface area contributed by atoms with Crippen LogP contribution in [0.5, 0.6) is 0 Å². The molecule has 110 valence electrons. The molecule has 2 heterocycles. The van der Waals surface area contributed by atoms with Crippen LogP contribution >= 0.6 is 0 Å². The predicted octanol–water partition coefficient (Wildman–Crippen LogP) is 4.09. The third-order valence-electron chi connectivity index (χ3n) is 4.14. The fourth-order valence-corrected chi connectivity index (χ4v) is 2.95. The Hall–Kier alpha value is -2.39. The van der Waals surface area contributed by atoms with Gasteiger partial charge in [0.25, 0.3) is 0 Å². The number of aromatic nitrogens is 1. The topological polar surface area (TPSA) is 38.1 Å². The van der Waals surface area contributed by atoms with Crippen LogP contribution < -0.4 is 5.32 Å². The maximum Gasteiger partial charge on any atom is 0.199 e. The number of nitrogens with zero attached hydrogens (tertiary/aromatic N) is 1. The van der Waals surface area contributed by atoms with E-state index in [-0.39, 0.29) is 0 Å². The molecule has 0 amide bonds. The third-order valence-corrected chi connectivity index (χ3v) is 4.14. The van der Waals surface area contributed by atoms with Gasteiger partial charge in [-0.05, 0) is 13.0 Å². The van der Waals surface area contributed by atoms with Gasteiger partial charge in [-0.2, -0.15) is 0 Å². The van der Waals surface area contributed by atoms with Crippen LogP contribution in [0.1, 0.15) is 18.2 Å². The van der Waals surface area contributed by atoms with E-state index in [0.717, 1.165) is 48.0 Å². The van der Waals surface area contributed by atoms with Crippen LogP contribution in [0.25, 0.3) is 22.6 Å². The zero-order valence-electron chi connectivity index (χ0n) is 12.3. The first-order chi connectivity index (χ1) is 10.9. The highest BCUT2D eigenvalue weighted by Gasteiger charge is 2.25. The van der Waals surface area contributed by atoms with Crippen molar-refractivity contribution in [2.24, 2.45) is 0 Å². The van der Waals surface area contributed by atoms with Crippen molar-refractivity contribution in [2.75, 3.05) is 13.1 Å². The molecule has 1 N–H and O–H groups in total. The zero-order valence-corrected chi connectivity index (χ0v) is 12.3. The van der Waals surface area contributed by atoms with E-state index >= 15 is 0 Å². The van der Waals surface area contributed by atoms with Gasteiger partial charge in [0.15, 0.2) is 11.7 Å². The van der Waals surface area contributed by atoms with Crippen LogP contribution in [0.2, 0.25) is 0 Å². The summed E-state index contributed by atoms with van der Waals surface area (Å²) in [4.78, 5) is 4.83. The lowest BCUT2D eigenvalue weighted by molar-refractivity contribution is 0.467. The summed E-state index contributed by atoms with van der Waals surface area (Å²) in [5.74, 6) is 2.09. The van der Waals surface area contributed by atoms with E-state index in [2.05, 4.69) is 29.6 Å². The molecule has 2 aromatic carbocycles. The van der Waals surface area contributed by atoms with Gasteiger partial charge in [-0.25, -0.2) is 4.98 Å². The van der Waals surface area contributed by atoms with Crippen molar-refractivity contribution in [1.82, 2.24) is 10.3 Å². The first-order valence-electron chi connectivity index (χ1n) is 7.74. The summed E-state index contributed by atoms with van der Waals surface area (Å²) in [6.45, 7) is 1.98. The Labute approximate surface area is 130 Å². The minimum atomic E-state index is 0.375. The molecule has 0 aliphatic carbocycles. The molecule has 1 aromatic heterocycles. The first-order valence-corrected chi connectivity index (χ1v) is 7.74. The Kier molecular flexibility index (Phi) is 3.49. The molecule has 3 nitrogen and oxygen atoms in total. The second-order valence-electron chi connectivity index (χ2n) is 5.65. The molecule has 1 saturated heterocycles. The van der Waals surface area contributed by atoms with Gasteiger partial charge in [-0.3, -0.25) is 0 Å². The Morgan fingerprint density at radius 1 is 0.909 bits per heavy atom. The molecule has 0 saturated carbocycles. The molecular formula is C19H18N2O. The quantitative estimate of drug-likeness (QED) is 0.789. The Balaban J connectivity index is 1.84. The number of oxazole rings is 1. The van der Waals surface area contributed by atoms with Crippen molar-refractivity contribution >= 4 is 0 Å². The summed E-state index contributed by atoms with van der Waals surface area (Å²) in [5, 5.41) is 3.38. The summed E-state index contributed by atoms with van der Waals surface area (Å²) >= 11 is 0. The van der Waals surface area contributed by atoms with Gasteiger partial charge in [0, 0.05) is 23.6 Å². The zero-order chi connectivity index (χ0) is 14.8. The fourth-order valence-electron chi connectivity index (χ4n) is 2.95. The smallest absolute Gasteiger partial charge is 0.199 e. The maximum atomic E-state index is 6.19. The van der Waals surface area contributed by atoms with Gasteiger partial charge in [-0.1, -0.05) is 60.7 Å². The van der Waals surface area contributed by atoms with Crippen LogP contribution in [0, 0.1) is 0 Å². The molecule has 1 aliphatic heterocycles. The minimum Gasteiger partial charge on any atom is -0.440 e. The number of hydrogen-bond acceptors (Lipinski definition) is 3. The normalized spacial score (nSPS) is 17.7. The van der Waals surface area contributed by atoms with E-state index in [1.54, 1.807) is 0 Å². The van der Waals surface area contributed by atoms with E-state index < -0.39 is 0 Å². The van der Waals surface area contributed by atoms with Gasteiger partial charge < -0.3 is 9.73 Å². The van der Waals surface area contributed by atoms with Crippen molar-refractivity contribution in [3.8, 4) is 22.6 Å². The second-order valence-corrected chi connectivity index (χ2v) is 5.65. The number of benzene rings is 2. The summed E-state index contributed by atoms with van der Waals surface area (Å²) in [6, 6.07) is 20.5. The van der Waals surface area contributed by atoms with Crippen molar-refractivity contribution < 1.29 is 4.42 Å². The lowest BCUT2D eigenvalue weighted by Gasteiger charge is -2.01. The number of nitrogens with one attached hydrogen (secondary N) is 1. The Bertz CT molecular complexity index is 687. The predicted molar refractivity (Wildman–Crippen MR) is 87.6 cm³/mol. The van der Waals surface area contributed by atoms with Crippen molar-refractivity contribution in [2.45, 2.75) is 12.3 Å². The van der Waals surface area contributed by atoms with Gasteiger partial charge in [0.1, 0.15) is 5.69 Å². The molecule has 3 aromatic rings. The SMILES string of the molecule is c1ccc(-c2nc([C@@H]3CCNC3)oc2-c2ccccc2)cc1. The van der Waals surface area contributed by atoms with Crippen molar-refractivity contribution in [3.05, 3.63) is 66.6 Å². The highest BCUT2D eigenvalue weighted by molar-refractivity contribution is 5.76. The van der Waals surface area contributed by atoms with Crippen LogP contribution in [0.3, 0.4) is 0 Å². The first kappa shape index (κ1) is 13.3. The second kappa shape index (κ2) is 5.78. The van der Waals surface area contributed by atoms with Gasteiger partial charge >= 0.3 is 0 Å². The standard InChI is InChI=1S/C19H18N2O/c1-3-7-14(8-4-1)17-18(15-9-5-2-6-10-15)22-19(21-17)16-11-12-20-13-16/h1-10,16,20H,11-13H2/t16-/m1/s1. The van der Waals surface area contributed by atoms with E-state index in [9.17, 15) is 0 Å². The number of hydrogen-bond donors (Lipinski definition) is 1. The monoisotopic (exact) mass is 290 g/mol. The fraction of sp³-hybridized carbons (Fsp3) is 0.211. The average Bonchev–Trinajstić information content (AvgIpc) is 3.26. The van der Waals surface area contributed by atoms with Gasteiger partial charge in [-0.15, -0.1) is 0 Å². The molecule has 1 fully saturated rings. The minimum absolute atomic E-state index is 0.375. The molecular weight excluding hydrogens is 272 g/mol. The molecule has 1 atom stereocenters. The molecule has 1 aliphatic rings. The van der Waals surface area contributed by atoms with Crippen LogP contribution in [0.4, 0.5) is 0 Å². The molecule has 0 spiro atoms. The Morgan fingerprint density at radius 3 is 2.23 bits per heavy atom. The summed E-state index contributed by atoms with van der Waals surface area (Å²) in [7, 11) is 0. The summed E-state index contributed by atoms with van der Waals surface area (Å²) < 4.78 is 6.19. The summed E-state index contributed by atoms with van der Waals surface area (Å²) in [5.41, 5.74) is 3.11. The van der Waals surface area contributed by atoms with E-state index in [4.69, 9.17) is 9.40 Å². The van der Waals surface area contributed by atoms with Crippen LogP contribution in [-0.2, 0) is 0 Å². The van der Waals surface area contributed by atoms with E-state index in [0.29, 0.717) is 5.92 Å².